The van der Waals surface area contributed by atoms with Gasteiger partial charge < -0.3 is 15.5 Å². The lowest BCUT2D eigenvalue weighted by molar-refractivity contribution is -0.133. The number of hydrogen-bond donors (Lipinski definition) is 1. The molecule has 0 bridgehead atoms. The van der Waals surface area contributed by atoms with E-state index in [0.29, 0.717) is 6.54 Å². The first-order valence-electron chi connectivity index (χ1n) is 11.5. The molecular weight excluding hydrogens is 441 g/mol. The Labute approximate surface area is 196 Å². The molecular formula is C25H34FN3O3S. The monoisotopic (exact) mass is 475 g/mol. The normalized spacial score (nSPS) is 16.5. The number of hydrogen-bond acceptors (Lipinski definition) is 5. The summed E-state index contributed by atoms with van der Waals surface area (Å²) < 4.78 is 36.7. The van der Waals surface area contributed by atoms with Crippen molar-refractivity contribution in [2.45, 2.75) is 49.6 Å². The maximum atomic E-state index is 13.4. The SMILES string of the molecule is CCN(C(=O)Cc1ccc(S(C)(=O)=O)cc1)C1CCN(CCC(N)c2cccc(F)c2)CC1. The van der Waals surface area contributed by atoms with Crippen molar-refractivity contribution in [2.24, 2.45) is 5.73 Å². The van der Waals surface area contributed by atoms with Crippen LogP contribution < -0.4 is 5.73 Å². The second-order valence-corrected chi connectivity index (χ2v) is 10.8. The molecule has 1 fully saturated rings. The number of nitrogens with zero attached hydrogens (tertiary/aromatic N) is 2. The molecule has 8 heteroatoms. The van der Waals surface area contributed by atoms with Crippen LogP contribution in [-0.2, 0) is 21.1 Å². The number of rotatable bonds is 9. The quantitative estimate of drug-likeness (QED) is 0.602. The zero-order valence-electron chi connectivity index (χ0n) is 19.4. The molecule has 0 aliphatic carbocycles. The third-order valence-electron chi connectivity index (χ3n) is 6.40. The van der Waals surface area contributed by atoms with Gasteiger partial charge >= 0.3 is 0 Å². The van der Waals surface area contributed by atoms with Crippen molar-refractivity contribution in [3.63, 3.8) is 0 Å². The number of piperidine rings is 1. The molecule has 0 aromatic heterocycles. The Morgan fingerprint density at radius 2 is 1.85 bits per heavy atom. The van der Waals surface area contributed by atoms with Crippen molar-refractivity contribution < 1.29 is 17.6 Å². The van der Waals surface area contributed by atoms with Crippen LogP contribution in [-0.4, -0.2) is 62.6 Å². The van der Waals surface area contributed by atoms with Gasteiger partial charge in [-0.15, -0.1) is 0 Å². The lowest BCUT2D eigenvalue weighted by Gasteiger charge is -2.38. The average molecular weight is 476 g/mol. The van der Waals surface area contributed by atoms with Crippen molar-refractivity contribution in [3.05, 3.63) is 65.5 Å². The van der Waals surface area contributed by atoms with E-state index in [1.165, 1.54) is 18.4 Å². The van der Waals surface area contributed by atoms with Crippen LogP contribution >= 0.6 is 0 Å². The zero-order valence-corrected chi connectivity index (χ0v) is 20.2. The number of likely N-dealkylation sites (N-methyl/N-ethyl adjacent to an activating group) is 1. The molecule has 1 aliphatic rings. The fourth-order valence-corrected chi connectivity index (χ4v) is 5.08. The molecule has 0 radical (unpaired) electrons. The molecule has 3 rings (SSSR count). The summed E-state index contributed by atoms with van der Waals surface area (Å²) in [6.07, 6.45) is 4.01. The number of benzene rings is 2. The van der Waals surface area contributed by atoms with Crippen LogP contribution in [0.3, 0.4) is 0 Å². The van der Waals surface area contributed by atoms with Gasteiger partial charge in [0.05, 0.1) is 11.3 Å². The summed E-state index contributed by atoms with van der Waals surface area (Å²) >= 11 is 0. The molecule has 180 valence electrons. The lowest BCUT2D eigenvalue weighted by Crippen LogP contribution is -2.48. The number of carbonyl (C=O) groups excluding carboxylic acids is 1. The zero-order chi connectivity index (χ0) is 24.0. The molecule has 1 aliphatic heterocycles. The summed E-state index contributed by atoms with van der Waals surface area (Å²) in [6.45, 7) is 5.28. The van der Waals surface area contributed by atoms with Crippen LogP contribution in [0.2, 0.25) is 0 Å². The molecule has 2 aromatic carbocycles. The number of nitrogens with two attached hydrogens (primary N) is 1. The van der Waals surface area contributed by atoms with Gasteiger partial charge in [0.25, 0.3) is 0 Å². The van der Waals surface area contributed by atoms with E-state index in [0.717, 1.165) is 50.0 Å². The number of amides is 1. The van der Waals surface area contributed by atoms with Crippen LogP contribution in [0, 0.1) is 5.82 Å². The predicted octanol–water partition coefficient (Wildman–Crippen LogP) is 3.17. The van der Waals surface area contributed by atoms with E-state index in [1.54, 1.807) is 30.3 Å². The number of likely N-dealkylation sites (tertiary alicyclic amines) is 1. The Kier molecular flexibility index (Phi) is 8.62. The maximum absolute atomic E-state index is 13.4. The highest BCUT2D eigenvalue weighted by atomic mass is 32.2. The van der Waals surface area contributed by atoms with Crippen LogP contribution in [0.5, 0.6) is 0 Å². The molecule has 1 saturated heterocycles. The van der Waals surface area contributed by atoms with Gasteiger partial charge in [-0.3, -0.25) is 4.79 Å². The Balaban J connectivity index is 1.48. The third-order valence-corrected chi connectivity index (χ3v) is 7.53. The Bertz CT molecular complexity index is 1040. The van der Waals surface area contributed by atoms with Gasteiger partial charge in [-0.25, -0.2) is 12.8 Å². The Hall–Kier alpha value is -2.29. The van der Waals surface area contributed by atoms with Crippen LogP contribution in [0.1, 0.15) is 43.4 Å². The molecule has 0 saturated carbocycles. The lowest BCUT2D eigenvalue weighted by atomic mass is 10.00. The number of sulfone groups is 1. The van der Waals surface area contributed by atoms with E-state index in [2.05, 4.69) is 4.90 Å². The van der Waals surface area contributed by atoms with E-state index < -0.39 is 9.84 Å². The first-order chi connectivity index (χ1) is 15.7. The molecule has 1 heterocycles. The fourth-order valence-electron chi connectivity index (χ4n) is 4.45. The van der Waals surface area contributed by atoms with Gasteiger partial charge in [-0.05, 0) is 68.1 Å². The molecule has 33 heavy (non-hydrogen) atoms. The summed E-state index contributed by atoms with van der Waals surface area (Å²) in [5.74, 6) is -0.199. The highest BCUT2D eigenvalue weighted by Crippen LogP contribution is 2.21. The number of carbonyl (C=O) groups is 1. The van der Waals surface area contributed by atoms with Gasteiger partial charge in [0, 0.05) is 38.0 Å². The van der Waals surface area contributed by atoms with E-state index in [-0.39, 0.29) is 35.1 Å². The topological polar surface area (TPSA) is 83.7 Å². The summed E-state index contributed by atoms with van der Waals surface area (Å²) in [5, 5.41) is 0. The van der Waals surface area contributed by atoms with Crippen molar-refractivity contribution in [3.8, 4) is 0 Å². The largest absolute Gasteiger partial charge is 0.340 e. The Morgan fingerprint density at radius 3 is 2.42 bits per heavy atom. The predicted molar refractivity (Wildman–Crippen MR) is 128 cm³/mol. The van der Waals surface area contributed by atoms with Gasteiger partial charge in [0.15, 0.2) is 9.84 Å². The third kappa shape index (κ3) is 7.09. The standard InChI is InChI=1S/C25H34FN3O3S/c1-3-29(25(30)17-19-7-9-23(10-8-19)33(2,31)32)22-11-14-28(15-12-22)16-13-24(27)20-5-4-6-21(26)18-20/h4-10,18,22,24H,3,11-17,27H2,1-2H3. The number of halogens is 1. The van der Waals surface area contributed by atoms with Gasteiger partial charge in [-0.2, -0.15) is 0 Å². The highest BCUT2D eigenvalue weighted by molar-refractivity contribution is 7.90. The first-order valence-corrected chi connectivity index (χ1v) is 13.4. The van der Waals surface area contributed by atoms with E-state index in [9.17, 15) is 17.6 Å². The molecule has 1 atom stereocenters. The minimum Gasteiger partial charge on any atom is -0.340 e. The molecule has 2 N–H and O–H groups in total. The second kappa shape index (κ2) is 11.2. The van der Waals surface area contributed by atoms with Crippen molar-refractivity contribution in [2.75, 3.05) is 32.4 Å². The van der Waals surface area contributed by atoms with Crippen LogP contribution in [0.25, 0.3) is 0 Å². The van der Waals surface area contributed by atoms with Crippen molar-refractivity contribution >= 4 is 15.7 Å². The molecule has 1 unspecified atom stereocenters. The summed E-state index contributed by atoms with van der Waals surface area (Å²) in [4.78, 5) is 17.5. The summed E-state index contributed by atoms with van der Waals surface area (Å²) in [6, 6.07) is 13.0. The summed E-state index contributed by atoms with van der Waals surface area (Å²) in [7, 11) is -3.24. The van der Waals surface area contributed by atoms with E-state index in [1.807, 2.05) is 17.9 Å². The van der Waals surface area contributed by atoms with Gasteiger partial charge in [0.1, 0.15) is 5.82 Å². The smallest absolute Gasteiger partial charge is 0.227 e. The molecule has 1 amide bonds. The van der Waals surface area contributed by atoms with Crippen molar-refractivity contribution in [1.82, 2.24) is 9.80 Å². The minimum atomic E-state index is -3.24. The molecule has 0 spiro atoms. The average Bonchev–Trinajstić information content (AvgIpc) is 2.78. The van der Waals surface area contributed by atoms with Crippen molar-refractivity contribution in [1.29, 1.82) is 0 Å². The van der Waals surface area contributed by atoms with E-state index in [4.69, 9.17) is 5.73 Å². The minimum absolute atomic E-state index is 0.0659. The highest BCUT2D eigenvalue weighted by Gasteiger charge is 2.27. The summed E-state index contributed by atoms with van der Waals surface area (Å²) in [5.41, 5.74) is 7.88. The van der Waals surface area contributed by atoms with Crippen LogP contribution in [0.15, 0.2) is 53.4 Å². The molecule has 2 aromatic rings. The maximum Gasteiger partial charge on any atom is 0.227 e. The molecule has 6 nitrogen and oxygen atoms in total. The fraction of sp³-hybridized carbons (Fsp3) is 0.480. The van der Waals surface area contributed by atoms with Gasteiger partial charge in [-0.1, -0.05) is 24.3 Å². The second-order valence-electron chi connectivity index (χ2n) is 8.80. The Morgan fingerprint density at radius 1 is 1.18 bits per heavy atom. The van der Waals surface area contributed by atoms with Crippen LogP contribution in [0.4, 0.5) is 4.39 Å². The van der Waals surface area contributed by atoms with E-state index >= 15 is 0 Å². The van der Waals surface area contributed by atoms with Gasteiger partial charge in [0.2, 0.25) is 5.91 Å². The first kappa shape index (κ1) is 25.3.